The van der Waals surface area contributed by atoms with Gasteiger partial charge in [0.15, 0.2) is 0 Å². The van der Waals surface area contributed by atoms with E-state index in [1.165, 1.54) is 47.3 Å². The number of anilines is 1. The van der Waals surface area contributed by atoms with Crippen LogP contribution in [0.1, 0.15) is 67.1 Å². The van der Waals surface area contributed by atoms with E-state index in [9.17, 15) is 4.79 Å². The van der Waals surface area contributed by atoms with Crippen molar-refractivity contribution in [1.82, 2.24) is 9.88 Å². The van der Waals surface area contributed by atoms with Crippen LogP contribution in [0.15, 0.2) is 24.5 Å². The van der Waals surface area contributed by atoms with E-state index in [2.05, 4.69) is 28.2 Å². The first kappa shape index (κ1) is 18.6. The normalized spacial score (nSPS) is 19.5. The molecule has 2 aromatic rings. The highest BCUT2D eigenvalue weighted by molar-refractivity contribution is 7.16. The molecular weight excluding hydrogens is 354 g/mol. The van der Waals surface area contributed by atoms with Gasteiger partial charge in [-0.2, -0.15) is 0 Å². The van der Waals surface area contributed by atoms with Crippen LogP contribution < -0.4 is 5.32 Å². The summed E-state index contributed by atoms with van der Waals surface area (Å²) in [4.78, 5) is 20.4. The van der Waals surface area contributed by atoms with Crippen molar-refractivity contribution in [3.8, 4) is 0 Å². The maximum Gasteiger partial charge on any atom is 0.221 e. The molecule has 2 aromatic heterocycles. The molecule has 1 saturated heterocycles. The molecule has 1 unspecified atom stereocenters. The van der Waals surface area contributed by atoms with Crippen LogP contribution in [-0.4, -0.2) is 28.9 Å². The number of carbonyl (C=O) groups is 1. The summed E-state index contributed by atoms with van der Waals surface area (Å²) in [6, 6.07) is 4.41. The Labute approximate surface area is 166 Å². The maximum absolute atomic E-state index is 11.9. The predicted molar refractivity (Wildman–Crippen MR) is 111 cm³/mol. The van der Waals surface area contributed by atoms with Gasteiger partial charge in [0, 0.05) is 29.8 Å². The highest BCUT2D eigenvalue weighted by Gasteiger charge is 2.33. The molecule has 0 saturated carbocycles. The molecule has 144 valence electrons. The molecule has 1 amide bonds. The predicted octanol–water partition coefficient (Wildman–Crippen LogP) is 4.80. The highest BCUT2D eigenvalue weighted by Crippen LogP contribution is 2.46. The van der Waals surface area contributed by atoms with Crippen molar-refractivity contribution in [3.63, 3.8) is 0 Å². The molecule has 1 N–H and O–H groups in total. The Morgan fingerprint density at radius 1 is 1.30 bits per heavy atom. The molecule has 0 spiro atoms. The second-order valence-corrected chi connectivity index (χ2v) is 9.15. The van der Waals surface area contributed by atoms with E-state index >= 15 is 0 Å². The Balaban J connectivity index is 1.82. The number of aryl methyl sites for hydroxylation is 1. The lowest BCUT2D eigenvalue weighted by Gasteiger charge is -2.38. The number of hydrogen-bond acceptors (Lipinski definition) is 4. The van der Waals surface area contributed by atoms with Crippen LogP contribution in [0.5, 0.6) is 0 Å². The number of carbonyl (C=O) groups excluding carboxylic acids is 1. The average Bonchev–Trinajstić information content (AvgIpc) is 3.02. The minimum Gasteiger partial charge on any atom is -0.318 e. The summed E-state index contributed by atoms with van der Waals surface area (Å²) in [5, 5.41) is 4.22. The van der Waals surface area contributed by atoms with Crippen molar-refractivity contribution in [2.75, 3.05) is 18.4 Å². The minimum atomic E-state index is 0.0204. The standard InChI is InChI=1S/C22H29N3OS/c1-15-9-12-25(13-10-15)21(17-6-5-11-23-14-17)20-18-7-3-4-8-19(18)27-22(20)24-16(2)26/h5-6,11,14-15,21H,3-4,7-10,12-13H2,1-2H3,(H,24,26). The van der Waals surface area contributed by atoms with Gasteiger partial charge in [0.1, 0.15) is 5.00 Å². The summed E-state index contributed by atoms with van der Waals surface area (Å²) < 4.78 is 0. The largest absolute Gasteiger partial charge is 0.318 e. The first-order valence-electron chi connectivity index (χ1n) is 10.2. The Bertz CT molecular complexity index is 793. The van der Waals surface area contributed by atoms with Crippen LogP contribution in [0.4, 0.5) is 5.00 Å². The van der Waals surface area contributed by atoms with Gasteiger partial charge in [0.05, 0.1) is 6.04 Å². The summed E-state index contributed by atoms with van der Waals surface area (Å²) in [5.41, 5.74) is 4.07. The molecule has 2 aliphatic rings. The van der Waals surface area contributed by atoms with Crippen molar-refractivity contribution < 1.29 is 4.79 Å². The van der Waals surface area contributed by atoms with Crippen molar-refractivity contribution in [1.29, 1.82) is 0 Å². The number of fused-ring (bicyclic) bond motifs is 1. The third-order valence-electron chi connectivity index (χ3n) is 5.96. The van der Waals surface area contributed by atoms with E-state index < -0.39 is 0 Å². The first-order valence-corrected chi connectivity index (χ1v) is 11.0. The number of likely N-dealkylation sites (tertiary alicyclic amines) is 1. The second kappa shape index (κ2) is 8.11. The topological polar surface area (TPSA) is 45.2 Å². The fraction of sp³-hybridized carbons (Fsp3) is 0.545. The molecule has 4 nitrogen and oxygen atoms in total. The van der Waals surface area contributed by atoms with E-state index in [1.807, 2.05) is 18.5 Å². The van der Waals surface area contributed by atoms with Crippen molar-refractivity contribution in [2.45, 2.75) is 58.4 Å². The number of nitrogens with zero attached hydrogens (tertiary/aromatic N) is 2. The molecule has 1 atom stereocenters. The van der Waals surface area contributed by atoms with Gasteiger partial charge in [0.25, 0.3) is 0 Å². The second-order valence-electron chi connectivity index (χ2n) is 8.04. The molecule has 1 aliphatic carbocycles. The zero-order valence-electron chi connectivity index (χ0n) is 16.3. The zero-order chi connectivity index (χ0) is 18.8. The van der Waals surface area contributed by atoms with Gasteiger partial charge in [-0.25, -0.2) is 0 Å². The van der Waals surface area contributed by atoms with Crippen LogP contribution in [-0.2, 0) is 17.6 Å². The quantitative estimate of drug-likeness (QED) is 0.825. The summed E-state index contributed by atoms with van der Waals surface area (Å²) in [5.74, 6) is 0.814. The number of piperidine rings is 1. The highest BCUT2D eigenvalue weighted by atomic mass is 32.1. The van der Waals surface area contributed by atoms with Gasteiger partial charge >= 0.3 is 0 Å². The smallest absolute Gasteiger partial charge is 0.221 e. The van der Waals surface area contributed by atoms with Crippen LogP contribution in [0.25, 0.3) is 0 Å². The molecular formula is C22H29N3OS. The van der Waals surface area contributed by atoms with Crippen LogP contribution >= 0.6 is 11.3 Å². The van der Waals surface area contributed by atoms with Gasteiger partial charge in [0.2, 0.25) is 5.91 Å². The number of thiophene rings is 1. The van der Waals surface area contributed by atoms with Crippen LogP contribution in [0, 0.1) is 5.92 Å². The van der Waals surface area contributed by atoms with Gasteiger partial charge in [-0.3, -0.25) is 14.7 Å². The Hall–Kier alpha value is -1.72. The Kier molecular flexibility index (Phi) is 5.60. The van der Waals surface area contributed by atoms with Crippen molar-refractivity contribution in [3.05, 3.63) is 46.1 Å². The number of pyridine rings is 1. The van der Waals surface area contributed by atoms with Gasteiger partial charge in [-0.05, 0) is 74.7 Å². The van der Waals surface area contributed by atoms with Crippen molar-refractivity contribution >= 4 is 22.2 Å². The first-order chi connectivity index (χ1) is 13.1. The maximum atomic E-state index is 11.9. The lowest BCUT2D eigenvalue weighted by atomic mass is 9.87. The molecule has 0 bridgehead atoms. The van der Waals surface area contributed by atoms with Crippen molar-refractivity contribution in [2.24, 2.45) is 5.92 Å². The van der Waals surface area contributed by atoms with Crippen LogP contribution in [0.2, 0.25) is 0 Å². The molecule has 0 aromatic carbocycles. The molecule has 5 heteroatoms. The SMILES string of the molecule is CC(=O)Nc1sc2c(c1C(c1cccnc1)N1CCC(C)CC1)CCCC2. The van der Waals surface area contributed by atoms with E-state index in [0.717, 1.165) is 36.9 Å². The number of aromatic nitrogens is 1. The Morgan fingerprint density at radius 3 is 2.78 bits per heavy atom. The minimum absolute atomic E-state index is 0.0204. The van der Waals surface area contributed by atoms with Crippen LogP contribution in [0.3, 0.4) is 0 Å². The third-order valence-corrected chi connectivity index (χ3v) is 7.18. The monoisotopic (exact) mass is 383 g/mol. The molecule has 27 heavy (non-hydrogen) atoms. The Morgan fingerprint density at radius 2 is 2.07 bits per heavy atom. The number of nitrogens with one attached hydrogen (secondary N) is 1. The number of amides is 1. The van der Waals surface area contributed by atoms with E-state index in [-0.39, 0.29) is 11.9 Å². The van der Waals surface area contributed by atoms with E-state index in [1.54, 1.807) is 18.3 Å². The lowest BCUT2D eigenvalue weighted by Crippen LogP contribution is -2.37. The zero-order valence-corrected chi connectivity index (χ0v) is 17.1. The van der Waals surface area contributed by atoms with Gasteiger partial charge in [-0.15, -0.1) is 11.3 Å². The summed E-state index contributed by atoms with van der Waals surface area (Å²) in [7, 11) is 0. The fourth-order valence-corrected chi connectivity index (χ4v) is 5.88. The summed E-state index contributed by atoms with van der Waals surface area (Å²) in [6.45, 7) is 6.17. The molecule has 1 fully saturated rings. The molecule has 4 rings (SSSR count). The average molecular weight is 384 g/mol. The third kappa shape index (κ3) is 3.94. The summed E-state index contributed by atoms with van der Waals surface area (Å²) in [6.07, 6.45) is 11.1. The lowest BCUT2D eigenvalue weighted by molar-refractivity contribution is -0.114. The molecule has 0 radical (unpaired) electrons. The van der Waals surface area contributed by atoms with E-state index in [4.69, 9.17) is 0 Å². The molecule has 3 heterocycles. The van der Waals surface area contributed by atoms with E-state index in [0.29, 0.717) is 0 Å². The number of rotatable bonds is 4. The fourth-order valence-electron chi connectivity index (χ4n) is 4.52. The van der Waals surface area contributed by atoms with Gasteiger partial charge < -0.3 is 5.32 Å². The summed E-state index contributed by atoms with van der Waals surface area (Å²) >= 11 is 1.80. The number of hydrogen-bond donors (Lipinski definition) is 1. The van der Waals surface area contributed by atoms with Gasteiger partial charge in [-0.1, -0.05) is 13.0 Å². The molecule has 1 aliphatic heterocycles.